The molecule has 3 heteroatoms. The van der Waals surface area contributed by atoms with E-state index < -0.39 is 0 Å². The van der Waals surface area contributed by atoms with Gasteiger partial charge in [0, 0.05) is 24.2 Å². The Hall–Kier alpha value is -0.120. The Morgan fingerprint density at radius 1 is 1.33 bits per heavy atom. The zero-order valence-corrected chi connectivity index (χ0v) is 7.79. The van der Waals surface area contributed by atoms with Crippen molar-refractivity contribution < 1.29 is 0 Å². The van der Waals surface area contributed by atoms with Gasteiger partial charge in [0.25, 0.3) is 0 Å². The summed E-state index contributed by atoms with van der Waals surface area (Å²) in [5.74, 6) is 0. The van der Waals surface area contributed by atoms with Crippen molar-refractivity contribution in [1.82, 2.24) is 4.90 Å². The summed E-state index contributed by atoms with van der Waals surface area (Å²) in [5, 5.41) is 0. The molecule has 2 aliphatic rings. The van der Waals surface area contributed by atoms with Crippen LogP contribution in [0.1, 0.15) is 25.7 Å². The molecule has 2 rings (SSSR count). The molecule has 0 amide bonds. The fourth-order valence-electron chi connectivity index (χ4n) is 2.77. The normalized spacial score (nSPS) is 48.2. The molecule has 3 nitrogen and oxygen atoms in total. The third-order valence-corrected chi connectivity index (χ3v) is 3.68. The van der Waals surface area contributed by atoms with E-state index >= 15 is 0 Å². The summed E-state index contributed by atoms with van der Waals surface area (Å²) >= 11 is 0. The van der Waals surface area contributed by atoms with E-state index in [1.807, 2.05) is 0 Å². The molecule has 1 unspecified atom stereocenters. The smallest absolute Gasteiger partial charge is 0.0308 e. The molecule has 2 saturated heterocycles. The van der Waals surface area contributed by atoms with Crippen LogP contribution in [0.3, 0.4) is 0 Å². The van der Waals surface area contributed by atoms with Gasteiger partial charge < -0.3 is 16.4 Å². The lowest BCUT2D eigenvalue weighted by Gasteiger charge is -2.42. The highest BCUT2D eigenvalue weighted by Crippen LogP contribution is 2.37. The Labute approximate surface area is 74.1 Å². The summed E-state index contributed by atoms with van der Waals surface area (Å²) in [6.07, 6.45) is 4.83. The molecule has 2 heterocycles. The molecule has 0 saturated carbocycles. The number of nitrogens with two attached hydrogens (primary N) is 2. The maximum atomic E-state index is 6.19. The summed E-state index contributed by atoms with van der Waals surface area (Å²) in [7, 11) is 2.22. The molecular formula is C9H19N3. The molecule has 4 N–H and O–H groups in total. The van der Waals surface area contributed by atoms with Crippen LogP contribution in [0, 0.1) is 0 Å². The van der Waals surface area contributed by atoms with Crippen LogP contribution in [0.5, 0.6) is 0 Å². The summed E-state index contributed by atoms with van der Waals surface area (Å²) in [6, 6.07) is 1.41. The lowest BCUT2D eigenvalue weighted by Crippen LogP contribution is -2.58. The first kappa shape index (κ1) is 8.48. The van der Waals surface area contributed by atoms with Crippen LogP contribution in [0.25, 0.3) is 0 Å². The Morgan fingerprint density at radius 2 is 1.83 bits per heavy atom. The lowest BCUT2D eigenvalue weighted by molar-refractivity contribution is 0.117. The molecular weight excluding hydrogens is 150 g/mol. The van der Waals surface area contributed by atoms with Crippen molar-refractivity contribution >= 4 is 0 Å². The standard InChI is InChI=1S/C9H19N3/c1-12-7-2-3-8(12)5-9(11,4-7)6-10/h7-8H,2-6,10-11H2,1H3/t7-,8+,9?. The molecule has 2 aliphatic heterocycles. The predicted octanol–water partition coefficient (Wildman–Crippen LogP) is -0.101. The van der Waals surface area contributed by atoms with Crippen molar-refractivity contribution in [3.05, 3.63) is 0 Å². The number of piperidine rings is 1. The summed E-state index contributed by atoms with van der Waals surface area (Å²) in [4.78, 5) is 2.49. The van der Waals surface area contributed by atoms with Crippen LogP contribution < -0.4 is 11.5 Å². The minimum absolute atomic E-state index is 0.0572. The molecule has 0 radical (unpaired) electrons. The van der Waals surface area contributed by atoms with Crippen LogP contribution >= 0.6 is 0 Å². The molecule has 0 aliphatic carbocycles. The number of hydrogen-bond donors (Lipinski definition) is 2. The van der Waals surface area contributed by atoms with Gasteiger partial charge in [-0.15, -0.1) is 0 Å². The highest BCUT2D eigenvalue weighted by Gasteiger charge is 2.43. The Morgan fingerprint density at radius 3 is 2.25 bits per heavy atom. The summed E-state index contributed by atoms with van der Waals surface area (Å²) in [6.45, 7) is 0.647. The molecule has 0 aromatic heterocycles. The van der Waals surface area contributed by atoms with Crippen LogP contribution in [-0.2, 0) is 0 Å². The number of nitrogens with zero attached hydrogens (tertiary/aromatic N) is 1. The lowest BCUT2D eigenvalue weighted by atomic mass is 9.84. The second-order valence-electron chi connectivity index (χ2n) is 4.53. The number of fused-ring (bicyclic) bond motifs is 2. The van der Waals surface area contributed by atoms with Gasteiger partial charge in [-0.05, 0) is 32.7 Å². The van der Waals surface area contributed by atoms with Gasteiger partial charge in [-0.1, -0.05) is 0 Å². The molecule has 3 atom stereocenters. The third-order valence-electron chi connectivity index (χ3n) is 3.68. The highest BCUT2D eigenvalue weighted by atomic mass is 15.2. The fraction of sp³-hybridized carbons (Fsp3) is 1.00. The van der Waals surface area contributed by atoms with Crippen LogP contribution in [0.15, 0.2) is 0 Å². The maximum absolute atomic E-state index is 6.19. The summed E-state index contributed by atoms with van der Waals surface area (Å²) in [5.41, 5.74) is 11.8. The Kier molecular flexibility index (Phi) is 1.90. The first-order valence-corrected chi connectivity index (χ1v) is 4.85. The van der Waals surface area contributed by atoms with Gasteiger partial charge in [-0.25, -0.2) is 0 Å². The first-order valence-electron chi connectivity index (χ1n) is 4.85. The minimum Gasteiger partial charge on any atom is -0.329 e. The zero-order chi connectivity index (χ0) is 8.77. The maximum Gasteiger partial charge on any atom is 0.0308 e. The van der Waals surface area contributed by atoms with E-state index in [9.17, 15) is 0 Å². The fourth-order valence-corrected chi connectivity index (χ4v) is 2.77. The first-order chi connectivity index (χ1) is 5.64. The molecule has 0 spiro atoms. The van der Waals surface area contributed by atoms with Gasteiger partial charge in [-0.2, -0.15) is 0 Å². The van der Waals surface area contributed by atoms with E-state index in [1.165, 1.54) is 12.8 Å². The van der Waals surface area contributed by atoms with Crippen molar-refractivity contribution in [2.24, 2.45) is 11.5 Å². The monoisotopic (exact) mass is 169 g/mol. The van der Waals surface area contributed by atoms with E-state index in [4.69, 9.17) is 11.5 Å². The minimum atomic E-state index is -0.0572. The van der Waals surface area contributed by atoms with Crippen molar-refractivity contribution in [3.63, 3.8) is 0 Å². The van der Waals surface area contributed by atoms with Crippen LogP contribution in [0.2, 0.25) is 0 Å². The van der Waals surface area contributed by atoms with Gasteiger partial charge in [0.2, 0.25) is 0 Å². The van der Waals surface area contributed by atoms with Gasteiger partial charge in [0.05, 0.1) is 0 Å². The van der Waals surface area contributed by atoms with Gasteiger partial charge in [0.1, 0.15) is 0 Å². The van der Waals surface area contributed by atoms with E-state index in [0.29, 0.717) is 18.6 Å². The van der Waals surface area contributed by atoms with Crippen molar-refractivity contribution in [1.29, 1.82) is 0 Å². The molecule has 2 bridgehead atoms. The van der Waals surface area contributed by atoms with Crippen molar-refractivity contribution in [2.45, 2.75) is 43.3 Å². The topological polar surface area (TPSA) is 55.3 Å². The SMILES string of the molecule is CN1[C@@H]2CC[C@H]1CC(N)(CN)C2. The molecule has 0 aromatic rings. The van der Waals surface area contributed by atoms with Gasteiger partial charge in [-0.3, -0.25) is 0 Å². The molecule has 70 valence electrons. The van der Waals surface area contributed by atoms with E-state index in [1.54, 1.807) is 0 Å². The summed E-state index contributed by atoms with van der Waals surface area (Å²) < 4.78 is 0. The second-order valence-corrected chi connectivity index (χ2v) is 4.53. The number of rotatable bonds is 1. The van der Waals surface area contributed by atoms with Gasteiger partial charge in [0.15, 0.2) is 0 Å². The molecule has 2 fully saturated rings. The van der Waals surface area contributed by atoms with Gasteiger partial charge >= 0.3 is 0 Å². The van der Waals surface area contributed by atoms with Crippen molar-refractivity contribution in [2.75, 3.05) is 13.6 Å². The van der Waals surface area contributed by atoms with Crippen LogP contribution in [0.4, 0.5) is 0 Å². The number of hydrogen-bond acceptors (Lipinski definition) is 3. The van der Waals surface area contributed by atoms with E-state index in [-0.39, 0.29) is 5.54 Å². The van der Waals surface area contributed by atoms with E-state index in [0.717, 1.165) is 12.8 Å². The largest absolute Gasteiger partial charge is 0.329 e. The molecule has 12 heavy (non-hydrogen) atoms. The van der Waals surface area contributed by atoms with E-state index in [2.05, 4.69) is 11.9 Å². The second kappa shape index (κ2) is 2.69. The quantitative estimate of drug-likeness (QED) is 0.576. The Bertz CT molecular complexity index is 167. The van der Waals surface area contributed by atoms with Crippen LogP contribution in [-0.4, -0.2) is 36.1 Å². The highest BCUT2D eigenvalue weighted by molar-refractivity contribution is 5.03. The average molecular weight is 169 g/mol. The Balaban J connectivity index is 2.12. The zero-order valence-electron chi connectivity index (χ0n) is 7.79. The van der Waals surface area contributed by atoms with Crippen molar-refractivity contribution in [3.8, 4) is 0 Å². The average Bonchev–Trinajstić information content (AvgIpc) is 2.32. The predicted molar refractivity (Wildman–Crippen MR) is 49.8 cm³/mol. The third kappa shape index (κ3) is 1.16. The molecule has 0 aromatic carbocycles.